The van der Waals surface area contributed by atoms with Gasteiger partial charge in [-0.15, -0.1) is 10.2 Å². The molecule has 1 saturated carbocycles. The van der Waals surface area contributed by atoms with Crippen LogP contribution < -0.4 is 5.32 Å². The number of carbonyl (C=O) groups excluding carboxylic acids is 1. The number of nitrogens with zero attached hydrogens (tertiary/aromatic N) is 5. The first-order chi connectivity index (χ1) is 17.7. The summed E-state index contributed by atoms with van der Waals surface area (Å²) >= 11 is 1.37. The predicted molar refractivity (Wildman–Crippen MR) is 138 cm³/mol. The Kier molecular flexibility index (Phi) is 6.13. The Morgan fingerprint density at radius 2 is 1.78 bits per heavy atom. The minimum atomic E-state index is -0.141. The molecular formula is C27H24N6O2S. The van der Waals surface area contributed by atoms with Crippen LogP contribution in [0.15, 0.2) is 94.7 Å². The summed E-state index contributed by atoms with van der Waals surface area (Å²) < 4.78 is 9.37. The van der Waals surface area contributed by atoms with Crippen LogP contribution in [0.3, 0.4) is 0 Å². The minimum absolute atomic E-state index is 0.141. The largest absolute Gasteiger partial charge is 0.467 e. The van der Waals surface area contributed by atoms with Gasteiger partial charge >= 0.3 is 0 Å². The second-order valence-corrected chi connectivity index (χ2v) is 9.59. The minimum Gasteiger partial charge on any atom is -0.467 e. The van der Waals surface area contributed by atoms with Gasteiger partial charge in [-0.25, -0.2) is 4.68 Å². The van der Waals surface area contributed by atoms with Gasteiger partial charge in [0.2, 0.25) is 5.91 Å². The van der Waals surface area contributed by atoms with Gasteiger partial charge in [0, 0.05) is 17.5 Å². The summed E-state index contributed by atoms with van der Waals surface area (Å²) in [6.07, 6.45) is 3.90. The van der Waals surface area contributed by atoms with Crippen molar-refractivity contribution in [3.63, 3.8) is 0 Å². The molecule has 0 atom stereocenters. The maximum atomic E-state index is 13.0. The molecule has 3 heterocycles. The summed E-state index contributed by atoms with van der Waals surface area (Å²) in [5.74, 6) is 2.90. The molecule has 0 bridgehead atoms. The number of thioether (sulfide) groups is 1. The molecule has 0 spiro atoms. The van der Waals surface area contributed by atoms with Gasteiger partial charge in [-0.2, -0.15) is 5.10 Å². The van der Waals surface area contributed by atoms with E-state index in [2.05, 4.69) is 20.1 Å². The van der Waals surface area contributed by atoms with Crippen molar-refractivity contribution in [2.45, 2.75) is 30.5 Å². The molecule has 0 unspecified atom stereocenters. The normalized spacial score (nSPS) is 13.1. The molecule has 36 heavy (non-hydrogen) atoms. The lowest BCUT2D eigenvalue weighted by Crippen LogP contribution is -2.17. The van der Waals surface area contributed by atoms with Gasteiger partial charge < -0.3 is 9.73 Å². The van der Waals surface area contributed by atoms with Gasteiger partial charge in [0.25, 0.3) is 0 Å². The van der Waals surface area contributed by atoms with Crippen LogP contribution in [0.5, 0.6) is 0 Å². The maximum absolute atomic E-state index is 13.0. The molecule has 180 valence electrons. The number of benzene rings is 2. The SMILES string of the molecule is O=C(CSc1nnc(C2CC2)n1Cc1ccco1)Nc1cc(-c2ccccc2)nn1-c1ccccc1. The molecular weight excluding hydrogens is 472 g/mol. The Bertz CT molecular complexity index is 1460. The molecule has 1 N–H and O–H groups in total. The second kappa shape index (κ2) is 9.87. The van der Waals surface area contributed by atoms with Crippen LogP contribution in [0.1, 0.15) is 30.3 Å². The first-order valence-electron chi connectivity index (χ1n) is 11.8. The van der Waals surface area contributed by atoms with Crippen molar-refractivity contribution in [1.82, 2.24) is 24.5 Å². The number of hydrogen-bond acceptors (Lipinski definition) is 6. The van der Waals surface area contributed by atoms with Crippen molar-refractivity contribution in [2.24, 2.45) is 0 Å². The molecule has 0 radical (unpaired) electrons. The number of rotatable bonds is 9. The van der Waals surface area contributed by atoms with Crippen LogP contribution >= 0.6 is 11.8 Å². The van der Waals surface area contributed by atoms with Crippen molar-refractivity contribution in [3.05, 3.63) is 96.7 Å². The third kappa shape index (κ3) is 4.83. The lowest BCUT2D eigenvalue weighted by atomic mass is 10.2. The monoisotopic (exact) mass is 496 g/mol. The Morgan fingerprint density at radius 3 is 2.50 bits per heavy atom. The number of carbonyl (C=O) groups is 1. The van der Waals surface area contributed by atoms with Crippen molar-refractivity contribution in [2.75, 3.05) is 11.1 Å². The number of furan rings is 1. The number of para-hydroxylation sites is 1. The van der Waals surface area contributed by atoms with E-state index in [0.29, 0.717) is 23.4 Å². The molecule has 3 aromatic heterocycles. The molecule has 0 saturated heterocycles. The molecule has 5 aromatic rings. The van der Waals surface area contributed by atoms with E-state index in [0.717, 1.165) is 41.4 Å². The first-order valence-corrected chi connectivity index (χ1v) is 12.8. The Hall–Kier alpha value is -4.11. The lowest BCUT2D eigenvalue weighted by Gasteiger charge is -2.10. The number of nitrogens with one attached hydrogen (secondary N) is 1. The van der Waals surface area contributed by atoms with Gasteiger partial charge in [0.05, 0.1) is 29.9 Å². The van der Waals surface area contributed by atoms with Crippen LogP contribution in [-0.2, 0) is 11.3 Å². The molecule has 8 nitrogen and oxygen atoms in total. The molecule has 1 fully saturated rings. The van der Waals surface area contributed by atoms with Crippen molar-refractivity contribution < 1.29 is 9.21 Å². The predicted octanol–water partition coefficient (Wildman–Crippen LogP) is 5.38. The quantitative estimate of drug-likeness (QED) is 0.276. The van der Waals surface area contributed by atoms with E-state index >= 15 is 0 Å². The molecule has 1 amide bonds. The van der Waals surface area contributed by atoms with E-state index in [4.69, 9.17) is 9.52 Å². The topological polar surface area (TPSA) is 90.8 Å². The molecule has 0 aliphatic heterocycles. The zero-order valence-corrected chi connectivity index (χ0v) is 20.3. The highest BCUT2D eigenvalue weighted by Gasteiger charge is 2.31. The third-order valence-corrected chi connectivity index (χ3v) is 6.93. The van der Waals surface area contributed by atoms with E-state index in [1.54, 1.807) is 10.9 Å². The Balaban J connectivity index is 1.21. The summed E-state index contributed by atoms with van der Waals surface area (Å²) in [6.45, 7) is 0.553. The van der Waals surface area contributed by atoms with Gasteiger partial charge in [-0.05, 0) is 37.1 Å². The van der Waals surface area contributed by atoms with Crippen LogP contribution in [0.25, 0.3) is 16.9 Å². The van der Waals surface area contributed by atoms with Crippen LogP contribution in [0, 0.1) is 0 Å². The fourth-order valence-electron chi connectivity index (χ4n) is 4.05. The fraction of sp³-hybridized carbons (Fsp3) is 0.185. The van der Waals surface area contributed by atoms with Crippen molar-refractivity contribution in [3.8, 4) is 16.9 Å². The maximum Gasteiger partial charge on any atom is 0.236 e. The third-order valence-electron chi connectivity index (χ3n) is 5.96. The number of amides is 1. The smallest absolute Gasteiger partial charge is 0.236 e. The highest BCUT2D eigenvalue weighted by molar-refractivity contribution is 7.99. The van der Waals surface area contributed by atoms with Gasteiger partial charge in [-0.3, -0.25) is 9.36 Å². The first kappa shape index (κ1) is 22.4. The Morgan fingerprint density at radius 1 is 1.00 bits per heavy atom. The highest BCUT2D eigenvalue weighted by Crippen LogP contribution is 2.40. The zero-order chi connectivity index (χ0) is 24.3. The van der Waals surface area contributed by atoms with Gasteiger partial charge in [-0.1, -0.05) is 60.3 Å². The van der Waals surface area contributed by atoms with E-state index in [-0.39, 0.29) is 11.7 Å². The molecule has 1 aliphatic rings. The van der Waals surface area contributed by atoms with E-state index < -0.39 is 0 Å². The Labute approximate surface area is 212 Å². The van der Waals surface area contributed by atoms with Gasteiger partial charge in [0.1, 0.15) is 17.4 Å². The summed E-state index contributed by atoms with van der Waals surface area (Å²) in [6, 6.07) is 25.4. The summed E-state index contributed by atoms with van der Waals surface area (Å²) in [5, 5.41) is 17.3. The fourth-order valence-corrected chi connectivity index (χ4v) is 4.80. The summed E-state index contributed by atoms with van der Waals surface area (Å²) in [5.41, 5.74) is 2.64. The molecule has 6 rings (SSSR count). The van der Waals surface area contributed by atoms with Crippen molar-refractivity contribution in [1.29, 1.82) is 0 Å². The van der Waals surface area contributed by atoms with E-state index in [1.165, 1.54) is 11.8 Å². The van der Waals surface area contributed by atoms with Crippen LogP contribution in [0.4, 0.5) is 5.82 Å². The number of hydrogen-bond donors (Lipinski definition) is 1. The lowest BCUT2D eigenvalue weighted by molar-refractivity contribution is -0.113. The standard InChI is InChI=1S/C27H24N6O2S/c34-25(18-36-27-30-29-26(20-13-14-20)32(27)17-22-12-7-15-35-22)28-24-16-23(19-8-3-1-4-9-19)31-33(24)21-10-5-2-6-11-21/h1-12,15-16,20H,13-14,17-18H2,(H,28,34). The summed E-state index contributed by atoms with van der Waals surface area (Å²) in [4.78, 5) is 13.0. The highest BCUT2D eigenvalue weighted by atomic mass is 32.2. The zero-order valence-electron chi connectivity index (χ0n) is 19.4. The summed E-state index contributed by atoms with van der Waals surface area (Å²) in [7, 11) is 0. The van der Waals surface area contributed by atoms with Crippen LogP contribution in [-0.4, -0.2) is 36.2 Å². The number of aromatic nitrogens is 5. The van der Waals surface area contributed by atoms with Gasteiger partial charge in [0.15, 0.2) is 5.16 Å². The second-order valence-electron chi connectivity index (χ2n) is 8.65. The number of anilines is 1. The van der Waals surface area contributed by atoms with E-state index in [9.17, 15) is 4.79 Å². The molecule has 2 aromatic carbocycles. The average Bonchev–Trinajstić information content (AvgIpc) is 3.28. The molecule has 1 aliphatic carbocycles. The molecule has 9 heteroatoms. The van der Waals surface area contributed by atoms with Crippen LogP contribution in [0.2, 0.25) is 0 Å². The van der Waals surface area contributed by atoms with Crippen molar-refractivity contribution >= 4 is 23.5 Å². The van der Waals surface area contributed by atoms with E-state index in [1.807, 2.05) is 78.9 Å². The average molecular weight is 497 g/mol.